The van der Waals surface area contributed by atoms with Gasteiger partial charge in [-0.15, -0.1) is 10.2 Å². The van der Waals surface area contributed by atoms with Gasteiger partial charge in [0, 0.05) is 35.2 Å². The predicted octanol–water partition coefficient (Wildman–Crippen LogP) is 2.92. The van der Waals surface area contributed by atoms with E-state index in [0.717, 1.165) is 22.2 Å². The Labute approximate surface area is 137 Å². The third-order valence-electron chi connectivity index (χ3n) is 3.42. The van der Waals surface area contributed by atoms with Crippen molar-refractivity contribution in [3.63, 3.8) is 0 Å². The largest absolute Gasteiger partial charge is 0.480 e. The first-order valence-corrected chi connectivity index (χ1v) is 7.38. The lowest BCUT2D eigenvalue weighted by atomic mass is 10.1. The molecule has 0 aliphatic rings. The summed E-state index contributed by atoms with van der Waals surface area (Å²) in [5.41, 5.74) is 3.27. The molecule has 0 bridgehead atoms. The normalized spacial score (nSPS) is 10.7. The summed E-state index contributed by atoms with van der Waals surface area (Å²) in [7, 11) is 1.54. The molecule has 0 unspecified atom stereocenters. The van der Waals surface area contributed by atoms with Gasteiger partial charge < -0.3 is 15.0 Å². The Morgan fingerprint density at radius 2 is 2.13 bits per heavy atom. The van der Waals surface area contributed by atoms with Gasteiger partial charge >= 0.3 is 0 Å². The van der Waals surface area contributed by atoms with E-state index in [1.165, 1.54) is 14.0 Å². The highest BCUT2D eigenvalue weighted by Gasteiger charge is 2.10. The van der Waals surface area contributed by atoms with Gasteiger partial charge in [-0.05, 0) is 24.3 Å². The van der Waals surface area contributed by atoms with Crippen LogP contribution in [-0.2, 0) is 11.3 Å². The van der Waals surface area contributed by atoms with Gasteiger partial charge in [-0.1, -0.05) is 11.6 Å². The predicted molar refractivity (Wildman–Crippen MR) is 88.4 cm³/mol. The number of aromatic nitrogens is 3. The van der Waals surface area contributed by atoms with E-state index in [2.05, 4.69) is 20.5 Å². The quantitative estimate of drug-likeness (QED) is 0.770. The van der Waals surface area contributed by atoms with Crippen LogP contribution < -0.4 is 10.1 Å². The van der Waals surface area contributed by atoms with Crippen LogP contribution in [-0.4, -0.2) is 28.2 Å². The van der Waals surface area contributed by atoms with Crippen LogP contribution in [0.1, 0.15) is 12.6 Å². The molecule has 2 aromatic heterocycles. The van der Waals surface area contributed by atoms with Crippen molar-refractivity contribution in [2.75, 3.05) is 7.11 Å². The van der Waals surface area contributed by atoms with Crippen molar-refractivity contribution < 1.29 is 9.53 Å². The van der Waals surface area contributed by atoms with Crippen LogP contribution in [0.15, 0.2) is 30.3 Å². The molecule has 1 amide bonds. The Morgan fingerprint density at radius 1 is 1.30 bits per heavy atom. The Bertz CT molecular complexity index is 858. The van der Waals surface area contributed by atoms with Crippen molar-refractivity contribution in [3.05, 3.63) is 41.0 Å². The molecule has 2 heterocycles. The summed E-state index contributed by atoms with van der Waals surface area (Å²) in [5.74, 6) is 0.374. The maximum Gasteiger partial charge on any atom is 0.233 e. The fraction of sp³-hybridized carbons (Fsp3) is 0.188. The highest BCUT2D eigenvalue weighted by atomic mass is 35.5. The monoisotopic (exact) mass is 330 g/mol. The summed E-state index contributed by atoms with van der Waals surface area (Å²) in [4.78, 5) is 14.3. The number of rotatable bonds is 4. The van der Waals surface area contributed by atoms with Crippen LogP contribution in [0.3, 0.4) is 0 Å². The number of hydrogen-bond donors (Lipinski definition) is 2. The highest BCUT2D eigenvalue weighted by Crippen LogP contribution is 2.31. The van der Waals surface area contributed by atoms with Crippen molar-refractivity contribution in [1.82, 2.24) is 20.5 Å². The minimum absolute atomic E-state index is 0.0733. The second-order valence-corrected chi connectivity index (χ2v) is 5.49. The SMILES string of the molecule is COc1ccc(-c2cc3[nH]c(CNC(C)=O)cc3cc2Cl)nn1. The number of fused-ring (bicyclic) bond motifs is 1. The van der Waals surface area contributed by atoms with Crippen LogP contribution in [0.5, 0.6) is 5.88 Å². The minimum Gasteiger partial charge on any atom is -0.480 e. The lowest BCUT2D eigenvalue weighted by molar-refractivity contribution is -0.119. The van der Waals surface area contributed by atoms with Gasteiger partial charge in [0.1, 0.15) is 0 Å². The fourth-order valence-electron chi connectivity index (χ4n) is 2.30. The number of carbonyl (C=O) groups is 1. The Balaban J connectivity index is 1.97. The maximum absolute atomic E-state index is 11.0. The zero-order chi connectivity index (χ0) is 16.4. The third-order valence-corrected chi connectivity index (χ3v) is 3.73. The van der Waals surface area contributed by atoms with E-state index >= 15 is 0 Å². The first-order valence-electron chi connectivity index (χ1n) is 7.00. The van der Waals surface area contributed by atoms with Crippen molar-refractivity contribution in [1.29, 1.82) is 0 Å². The van der Waals surface area contributed by atoms with E-state index in [1.54, 1.807) is 12.1 Å². The second-order valence-electron chi connectivity index (χ2n) is 5.08. The number of amides is 1. The lowest BCUT2D eigenvalue weighted by Gasteiger charge is -2.04. The van der Waals surface area contributed by atoms with E-state index in [4.69, 9.17) is 16.3 Å². The van der Waals surface area contributed by atoms with Crippen molar-refractivity contribution in [2.45, 2.75) is 13.5 Å². The molecule has 0 saturated heterocycles. The van der Waals surface area contributed by atoms with E-state index in [9.17, 15) is 4.79 Å². The average Bonchev–Trinajstić information content (AvgIpc) is 2.94. The van der Waals surface area contributed by atoms with Crippen molar-refractivity contribution in [2.24, 2.45) is 0 Å². The molecular formula is C16H15ClN4O2. The average molecular weight is 331 g/mol. The molecule has 0 spiro atoms. The summed E-state index contributed by atoms with van der Waals surface area (Å²) in [5, 5.41) is 12.4. The number of nitrogens with one attached hydrogen (secondary N) is 2. The van der Waals surface area contributed by atoms with Crippen LogP contribution in [0.25, 0.3) is 22.2 Å². The van der Waals surface area contributed by atoms with Gasteiger partial charge in [-0.2, -0.15) is 0 Å². The first kappa shape index (κ1) is 15.3. The molecule has 2 N–H and O–H groups in total. The van der Waals surface area contributed by atoms with E-state index in [1.807, 2.05) is 18.2 Å². The van der Waals surface area contributed by atoms with Gasteiger partial charge in [-0.25, -0.2) is 0 Å². The molecule has 0 atom stereocenters. The smallest absolute Gasteiger partial charge is 0.233 e. The summed E-state index contributed by atoms with van der Waals surface area (Å²) < 4.78 is 5.01. The number of H-pyrrole nitrogens is 1. The fourth-order valence-corrected chi connectivity index (χ4v) is 2.57. The minimum atomic E-state index is -0.0733. The first-order chi connectivity index (χ1) is 11.1. The number of nitrogens with zero attached hydrogens (tertiary/aromatic N) is 2. The number of carbonyl (C=O) groups excluding carboxylic acids is 1. The van der Waals surface area contributed by atoms with Gasteiger partial charge in [0.15, 0.2) is 0 Å². The Hall–Kier alpha value is -2.60. The molecule has 0 radical (unpaired) electrons. The van der Waals surface area contributed by atoms with Crippen LogP contribution in [0.2, 0.25) is 5.02 Å². The summed E-state index contributed by atoms with van der Waals surface area (Å²) in [6.45, 7) is 1.93. The highest BCUT2D eigenvalue weighted by molar-refractivity contribution is 6.34. The van der Waals surface area contributed by atoms with Gasteiger partial charge in [0.25, 0.3) is 0 Å². The topological polar surface area (TPSA) is 79.9 Å². The summed E-state index contributed by atoms with van der Waals surface area (Å²) in [6.07, 6.45) is 0. The van der Waals surface area contributed by atoms with E-state index < -0.39 is 0 Å². The number of methoxy groups -OCH3 is 1. The maximum atomic E-state index is 11.0. The van der Waals surface area contributed by atoms with Crippen LogP contribution in [0, 0.1) is 0 Å². The lowest BCUT2D eigenvalue weighted by Crippen LogP contribution is -2.18. The molecule has 3 rings (SSSR count). The molecule has 118 valence electrons. The Kier molecular flexibility index (Phi) is 4.16. The molecular weight excluding hydrogens is 316 g/mol. The van der Waals surface area contributed by atoms with E-state index in [-0.39, 0.29) is 5.91 Å². The number of halogens is 1. The summed E-state index contributed by atoms with van der Waals surface area (Å²) >= 11 is 6.37. The number of benzene rings is 1. The molecule has 1 aromatic carbocycles. The van der Waals surface area contributed by atoms with Crippen molar-refractivity contribution >= 4 is 28.4 Å². The van der Waals surface area contributed by atoms with Crippen LogP contribution >= 0.6 is 11.6 Å². The third kappa shape index (κ3) is 3.27. The number of hydrogen-bond acceptors (Lipinski definition) is 4. The molecule has 3 aromatic rings. The molecule has 0 aliphatic heterocycles. The Morgan fingerprint density at radius 3 is 2.78 bits per heavy atom. The number of ether oxygens (including phenoxy) is 1. The molecule has 0 aliphatic carbocycles. The molecule has 0 fully saturated rings. The zero-order valence-electron chi connectivity index (χ0n) is 12.7. The van der Waals surface area contributed by atoms with Crippen LogP contribution in [0.4, 0.5) is 0 Å². The van der Waals surface area contributed by atoms with Gasteiger partial charge in [0.2, 0.25) is 11.8 Å². The molecule has 0 saturated carbocycles. The van der Waals surface area contributed by atoms with E-state index in [0.29, 0.717) is 23.1 Å². The molecule has 23 heavy (non-hydrogen) atoms. The number of aromatic amines is 1. The summed E-state index contributed by atoms with van der Waals surface area (Å²) in [6, 6.07) is 9.29. The van der Waals surface area contributed by atoms with Crippen molar-refractivity contribution in [3.8, 4) is 17.1 Å². The van der Waals surface area contributed by atoms with Gasteiger partial charge in [0.05, 0.1) is 24.4 Å². The zero-order valence-corrected chi connectivity index (χ0v) is 13.4. The van der Waals surface area contributed by atoms with Gasteiger partial charge in [-0.3, -0.25) is 4.79 Å². The second kappa shape index (κ2) is 6.26. The molecule has 7 heteroatoms. The molecule has 6 nitrogen and oxygen atoms in total. The standard InChI is InChI=1S/C16H15ClN4O2/c1-9(22)18-8-11-5-10-6-13(17)12(7-15(10)19-11)14-3-4-16(23-2)21-20-14/h3-7,19H,8H2,1-2H3,(H,18,22).